The van der Waals surface area contributed by atoms with E-state index >= 15 is 0 Å². The Balaban J connectivity index is -0.0000000200. The van der Waals surface area contributed by atoms with E-state index in [2.05, 4.69) is 0 Å². The minimum atomic E-state index is -1.42. The molecule has 0 N–H and O–H groups in total. The van der Waals surface area contributed by atoms with Gasteiger partial charge in [-0.15, -0.1) is 0 Å². The van der Waals surface area contributed by atoms with Crippen LogP contribution in [0, 0.1) is 0 Å². The average Bonchev–Trinajstić information content (AvgIpc) is 0.918. The third-order valence-electron chi connectivity index (χ3n) is 0. The van der Waals surface area contributed by atoms with E-state index in [0.717, 1.165) is 0 Å². The molecule has 5 heavy (non-hydrogen) atoms. The van der Waals surface area contributed by atoms with Crippen molar-refractivity contribution in [3.05, 3.63) is 0 Å². The van der Waals surface area contributed by atoms with Gasteiger partial charge in [-0.25, -0.2) is 9.13 Å². The first-order valence-electron chi connectivity index (χ1n) is 0.408. The Kier molecular flexibility index (Phi) is 95.8. The zero-order valence-electron chi connectivity index (χ0n) is 2.10. The second-order valence-electron chi connectivity index (χ2n) is 0.0833. The number of hydrogen-bond donors (Lipinski definition) is 0. The van der Waals surface area contributed by atoms with Gasteiger partial charge in [-0.1, -0.05) is 0 Å². The fraction of sp³-hybridized carbons (Fsp3) is 0. The summed E-state index contributed by atoms with van der Waals surface area (Å²) in [5, 5.41) is 0. The molecule has 31 valence electrons. The minimum Gasteiger partial charge on any atom is -2.00 e. The zero-order chi connectivity index (χ0) is 2.71. The molecule has 0 aliphatic heterocycles. The van der Waals surface area contributed by atoms with Gasteiger partial charge in [0.05, 0.1) is 0 Å². The normalized spacial score (nSPS) is 2.40. The van der Waals surface area contributed by atoms with Gasteiger partial charge in [-0.05, 0) is 0 Å². The largest absolute Gasteiger partial charge is 2.00 e. The molecule has 0 saturated heterocycles. The summed E-state index contributed by atoms with van der Waals surface area (Å²) in [7, 11) is -1.42. The number of rotatable bonds is 0. The molecule has 0 amide bonds. The molecule has 5 heteroatoms. The van der Waals surface area contributed by atoms with Crippen LogP contribution in [0.25, 0.3) is 0 Å². The van der Waals surface area contributed by atoms with Crippen molar-refractivity contribution >= 4 is 8.34 Å². The second-order valence-corrected chi connectivity index (χ2v) is 0.250. The maximum atomic E-state index is 8.40. The monoisotopic (exact) mass is 135 g/mol. The molecule has 0 atom stereocenters. The van der Waals surface area contributed by atoms with Crippen molar-refractivity contribution in [2.45, 2.75) is 0 Å². The fourth-order valence-corrected chi connectivity index (χ4v) is 0. The van der Waals surface area contributed by atoms with Crippen molar-refractivity contribution in [2.24, 2.45) is 0 Å². The Morgan fingerprint density at radius 2 is 1.20 bits per heavy atom. The molecule has 0 heterocycles. The predicted molar refractivity (Wildman–Crippen MR) is 10.4 cm³/mol. The van der Waals surface area contributed by atoms with Gasteiger partial charge >= 0.3 is 25.4 Å². The van der Waals surface area contributed by atoms with E-state index in [0.29, 0.717) is 0 Å². The summed E-state index contributed by atoms with van der Waals surface area (Å²) in [5.41, 5.74) is 0. The second kappa shape index (κ2) is 26.3. The molecule has 3 nitrogen and oxygen atoms in total. The molecule has 0 spiro atoms. The number of hydrogen-bond acceptors (Lipinski definition) is 2. The van der Waals surface area contributed by atoms with Crippen LogP contribution < -0.4 is 0 Å². The molecule has 0 unspecified atom stereocenters. The molecule has 0 aliphatic carbocycles. The third kappa shape index (κ3) is 172. The SMILES string of the molecule is O=[PH]=O.[Mn+2].[O-2]. The predicted octanol–water partition coefficient (Wildman–Crippen LogP) is 0.235. The smallest absolute Gasteiger partial charge is 2.00 e. The molecule has 0 aliphatic rings. The van der Waals surface area contributed by atoms with Crippen molar-refractivity contribution in [1.82, 2.24) is 0 Å². The zero-order valence-corrected chi connectivity index (χ0v) is 4.28. The van der Waals surface area contributed by atoms with Crippen molar-refractivity contribution in [1.29, 1.82) is 0 Å². The van der Waals surface area contributed by atoms with Gasteiger partial charge < -0.3 is 5.48 Å². The summed E-state index contributed by atoms with van der Waals surface area (Å²) < 4.78 is 16.8. The maximum Gasteiger partial charge on any atom is 2.00 e. The van der Waals surface area contributed by atoms with Crippen LogP contribution in [-0.4, -0.2) is 0 Å². The quantitative estimate of drug-likeness (QED) is 0.352. The summed E-state index contributed by atoms with van der Waals surface area (Å²) in [4.78, 5) is 0. The van der Waals surface area contributed by atoms with Gasteiger partial charge in [0.1, 0.15) is 0 Å². The first kappa shape index (κ1) is 18.2. The van der Waals surface area contributed by atoms with Crippen molar-refractivity contribution < 1.29 is 31.7 Å². The topological polar surface area (TPSA) is 62.6 Å². The molecule has 0 fully saturated rings. The summed E-state index contributed by atoms with van der Waals surface area (Å²) in [5.74, 6) is 0. The van der Waals surface area contributed by atoms with Gasteiger partial charge in [0.2, 0.25) is 0 Å². The molecule has 0 aromatic rings. The van der Waals surface area contributed by atoms with Crippen LogP contribution in [-0.2, 0) is 31.7 Å². The van der Waals surface area contributed by atoms with Crippen LogP contribution in [0.15, 0.2) is 0 Å². The molecule has 0 rings (SSSR count). The van der Waals surface area contributed by atoms with Crippen molar-refractivity contribution in [2.75, 3.05) is 0 Å². The van der Waals surface area contributed by atoms with Crippen LogP contribution in [0.3, 0.4) is 0 Å². The standard InChI is InChI=1S/Mn.HO2P.O/c;1-3-2;/h;3H;/q+2;;-2. The van der Waals surface area contributed by atoms with Crippen molar-refractivity contribution in [3.63, 3.8) is 0 Å². The Morgan fingerprint density at radius 1 is 1.20 bits per heavy atom. The van der Waals surface area contributed by atoms with Crippen LogP contribution >= 0.6 is 8.34 Å². The van der Waals surface area contributed by atoms with E-state index in [4.69, 9.17) is 9.13 Å². The van der Waals surface area contributed by atoms with E-state index in [-0.39, 0.29) is 22.5 Å². The first-order chi connectivity index (χ1) is 1.41. The molecule has 1 radical (unpaired) electrons. The molecule has 0 aromatic heterocycles. The van der Waals surface area contributed by atoms with E-state index < -0.39 is 8.34 Å². The Labute approximate surface area is 40.8 Å². The minimum absolute atomic E-state index is 0. The van der Waals surface area contributed by atoms with Gasteiger partial charge in [0.15, 0.2) is 0 Å². The fourth-order valence-electron chi connectivity index (χ4n) is 0. The average molecular weight is 135 g/mol. The van der Waals surface area contributed by atoms with Crippen LogP contribution in [0.4, 0.5) is 0 Å². The van der Waals surface area contributed by atoms with E-state index in [1.54, 1.807) is 0 Å². The van der Waals surface area contributed by atoms with Crippen LogP contribution in [0.1, 0.15) is 0 Å². The van der Waals surface area contributed by atoms with Gasteiger partial charge in [0, 0.05) is 0 Å². The van der Waals surface area contributed by atoms with Gasteiger partial charge in [-0.3, -0.25) is 0 Å². The molecule has 0 bridgehead atoms. The summed E-state index contributed by atoms with van der Waals surface area (Å²) in [6.07, 6.45) is 0. The van der Waals surface area contributed by atoms with E-state index in [1.807, 2.05) is 0 Å². The van der Waals surface area contributed by atoms with E-state index in [9.17, 15) is 0 Å². The van der Waals surface area contributed by atoms with Crippen molar-refractivity contribution in [3.8, 4) is 0 Å². The summed E-state index contributed by atoms with van der Waals surface area (Å²) >= 11 is 0. The Bertz CT molecular complexity index is 27.9. The molecular formula is HMnO3P. The summed E-state index contributed by atoms with van der Waals surface area (Å²) in [6, 6.07) is 0. The third-order valence-corrected chi connectivity index (χ3v) is 0. The molecular weight excluding hydrogens is 134 g/mol. The van der Waals surface area contributed by atoms with Crippen LogP contribution in [0.5, 0.6) is 0 Å². The van der Waals surface area contributed by atoms with E-state index in [1.165, 1.54) is 0 Å². The summed E-state index contributed by atoms with van der Waals surface area (Å²) in [6.45, 7) is 0. The van der Waals surface area contributed by atoms with Crippen LogP contribution in [0.2, 0.25) is 0 Å². The molecule has 0 saturated carbocycles. The Hall–Kier alpha value is 0.379. The van der Waals surface area contributed by atoms with Gasteiger partial charge in [0.25, 0.3) is 0 Å². The van der Waals surface area contributed by atoms with Gasteiger partial charge in [-0.2, -0.15) is 0 Å². The first-order valence-corrected chi connectivity index (χ1v) is 1.22. The Morgan fingerprint density at radius 3 is 1.20 bits per heavy atom. The molecule has 0 aromatic carbocycles. The maximum absolute atomic E-state index is 8.40.